The number of morpholine rings is 1. The topological polar surface area (TPSA) is 128 Å². The minimum absolute atomic E-state index is 0.0676. The number of sulfonamides is 1. The maximum atomic E-state index is 12.8. The fourth-order valence-electron chi connectivity index (χ4n) is 3.00. The minimum Gasteiger partial charge on any atom is -0.452 e. The van der Waals surface area contributed by atoms with Crippen LogP contribution in [0.15, 0.2) is 27.6 Å². The molecule has 0 bridgehead atoms. The summed E-state index contributed by atoms with van der Waals surface area (Å²) in [5.74, 6) is -1.02. The lowest BCUT2D eigenvalue weighted by Crippen LogP contribution is -2.40. The van der Waals surface area contributed by atoms with Gasteiger partial charge in [-0.1, -0.05) is 11.2 Å². The molecule has 2 aromatic rings. The summed E-state index contributed by atoms with van der Waals surface area (Å²) in [4.78, 5) is 24.5. The van der Waals surface area contributed by atoms with Crippen LogP contribution in [-0.2, 0) is 24.3 Å². The van der Waals surface area contributed by atoms with Crippen molar-refractivity contribution in [3.8, 4) is 0 Å². The number of benzene rings is 1. The first-order chi connectivity index (χ1) is 14.2. The van der Waals surface area contributed by atoms with Gasteiger partial charge in [0, 0.05) is 18.8 Å². The van der Waals surface area contributed by atoms with E-state index in [0.29, 0.717) is 35.9 Å². The number of ether oxygens (including phenoxy) is 2. The van der Waals surface area contributed by atoms with Crippen LogP contribution < -0.4 is 5.32 Å². The molecule has 3 rings (SSSR count). The second kappa shape index (κ2) is 8.94. The Kier molecular flexibility index (Phi) is 6.54. The molecule has 1 aliphatic heterocycles. The molecule has 1 N–H and O–H groups in total. The summed E-state index contributed by atoms with van der Waals surface area (Å²) in [6.45, 7) is 5.58. The van der Waals surface area contributed by atoms with Crippen LogP contribution in [0.25, 0.3) is 0 Å². The number of amides is 1. The Balaban J connectivity index is 1.68. The molecule has 1 fully saturated rings. The molecule has 1 aromatic carbocycles. The summed E-state index contributed by atoms with van der Waals surface area (Å²) in [5, 5.41) is 6.26. The van der Waals surface area contributed by atoms with Crippen molar-refractivity contribution in [3.63, 3.8) is 0 Å². The van der Waals surface area contributed by atoms with Gasteiger partial charge in [-0.15, -0.1) is 0 Å². The van der Waals surface area contributed by atoms with Gasteiger partial charge in [0.2, 0.25) is 10.0 Å². The number of aromatic nitrogens is 1. The van der Waals surface area contributed by atoms with E-state index in [1.54, 1.807) is 26.8 Å². The van der Waals surface area contributed by atoms with Crippen LogP contribution in [0.1, 0.15) is 27.4 Å². The Morgan fingerprint density at radius 2 is 1.90 bits per heavy atom. The van der Waals surface area contributed by atoms with E-state index in [1.165, 1.54) is 16.4 Å². The average Bonchev–Trinajstić information content (AvgIpc) is 3.06. The number of hydrogen-bond acceptors (Lipinski definition) is 8. The van der Waals surface area contributed by atoms with Crippen LogP contribution in [0.2, 0.25) is 0 Å². The van der Waals surface area contributed by atoms with E-state index in [2.05, 4.69) is 10.5 Å². The third kappa shape index (κ3) is 4.69. The summed E-state index contributed by atoms with van der Waals surface area (Å²) in [6, 6.07) is 4.50. The van der Waals surface area contributed by atoms with E-state index < -0.39 is 28.5 Å². The van der Waals surface area contributed by atoms with Crippen LogP contribution in [0.5, 0.6) is 0 Å². The van der Waals surface area contributed by atoms with Gasteiger partial charge in [-0.05, 0) is 38.5 Å². The molecule has 0 spiro atoms. The number of esters is 1. The molecule has 10 nitrogen and oxygen atoms in total. The first-order valence-electron chi connectivity index (χ1n) is 9.28. The number of aryl methyl sites for hydroxylation is 3. The van der Waals surface area contributed by atoms with Crippen molar-refractivity contribution >= 4 is 27.6 Å². The summed E-state index contributed by atoms with van der Waals surface area (Å²) >= 11 is 0. The van der Waals surface area contributed by atoms with Crippen LogP contribution in [0.4, 0.5) is 5.69 Å². The highest BCUT2D eigenvalue weighted by atomic mass is 32.2. The van der Waals surface area contributed by atoms with Crippen molar-refractivity contribution in [2.75, 3.05) is 38.2 Å². The third-order valence-electron chi connectivity index (χ3n) is 4.66. The minimum atomic E-state index is -3.70. The largest absolute Gasteiger partial charge is 0.452 e. The molecule has 1 amide bonds. The van der Waals surface area contributed by atoms with Gasteiger partial charge in [0.1, 0.15) is 11.3 Å². The second-order valence-electron chi connectivity index (χ2n) is 6.82. The van der Waals surface area contributed by atoms with Gasteiger partial charge in [0.15, 0.2) is 6.61 Å². The first kappa shape index (κ1) is 21.9. The molecule has 1 aliphatic rings. The molecular formula is C19H23N3O7S. The molecular weight excluding hydrogens is 414 g/mol. The molecule has 162 valence electrons. The van der Waals surface area contributed by atoms with E-state index in [0.717, 1.165) is 0 Å². The Morgan fingerprint density at radius 1 is 1.20 bits per heavy atom. The van der Waals surface area contributed by atoms with Crippen LogP contribution in [-0.4, -0.2) is 62.7 Å². The van der Waals surface area contributed by atoms with Gasteiger partial charge < -0.3 is 19.3 Å². The molecule has 1 saturated heterocycles. The maximum absolute atomic E-state index is 12.8. The lowest BCUT2D eigenvalue weighted by molar-refractivity contribution is -0.119. The quantitative estimate of drug-likeness (QED) is 0.672. The monoisotopic (exact) mass is 437 g/mol. The Morgan fingerprint density at radius 3 is 2.53 bits per heavy atom. The lowest BCUT2D eigenvalue weighted by atomic mass is 10.2. The van der Waals surface area contributed by atoms with E-state index >= 15 is 0 Å². The standard InChI is InChI=1S/C19H23N3O7S/c1-12-4-5-15(30(25,26)22-6-8-27-9-7-22)10-16(12)20-17(23)11-28-19(24)18-13(2)21-29-14(18)3/h4-5,10H,6-9,11H2,1-3H3,(H,20,23). The van der Waals surface area contributed by atoms with Gasteiger partial charge in [-0.3, -0.25) is 4.79 Å². The maximum Gasteiger partial charge on any atom is 0.344 e. The van der Waals surface area contributed by atoms with Crippen LogP contribution in [0.3, 0.4) is 0 Å². The number of carbonyl (C=O) groups excluding carboxylic acids is 2. The second-order valence-corrected chi connectivity index (χ2v) is 8.75. The first-order valence-corrected chi connectivity index (χ1v) is 10.7. The zero-order valence-corrected chi connectivity index (χ0v) is 17.7. The molecule has 0 atom stereocenters. The fourth-order valence-corrected chi connectivity index (χ4v) is 4.43. The van der Waals surface area contributed by atoms with Gasteiger partial charge in [0.05, 0.1) is 23.8 Å². The highest BCUT2D eigenvalue weighted by Crippen LogP contribution is 2.23. The lowest BCUT2D eigenvalue weighted by Gasteiger charge is -2.26. The predicted octanol–water partition coefficient (Wildman–Crippen LogP) is 1.42. The number of nitrogens with one attached hydrogen (secondary N) is 1. The zero-order valence-electron chi connectivity index (χ0n) is 16.9. The third-order valence-corrected chi connectivity index (χ3v) is 6.56. The van der Waals surface area contributed by atoms with Crippen molar-refractivity contribution in [2.24, 2.45) is 0 Å². The van der Waals surface area contributed by atoms with Crippen molar-refractivity contribution in [1.29, 1.82) is 0 Å². The van der Waals surface area contributed by atoms with Gasteiger partial charge >= 0.3 is 5.97 Å². The van der Waals surface area contributed by atoms with E-state index in [-0.39, 0.29) is 23.5 Å². The molecule has 30 heavy (non-hydrogen) atoms. The van der Waals surface area contributed by atoms with Crippen LogP contribution >= 0.6 is 0 Å². The SMILES string of the molecule is Cc1ccc(S(=O)(=O)N2CCOCC2)cc1NC(=O)COC(=O)c1c(C)noc1C. The molecule has 0 radical (unpaired) electrons. The van der Waals surface area contributed by atoms with Gasteiger partial charge in [-0.2, -0.15) is 4.31 Å². The normalized spacial score (nSPS) is 15.0. The van der Waals surface area contributed by atoms with Crippen molar-refractivity contribution < 1.29 is 32.0 Å². The number of hydrogen-bond donors (Lipinski definition) is 1. The zero-order chi connectivity index (χ0) is 21.9. The van der Waals surface area contributed by atoms with Gasteiger partial charge in [0.25, 0.3) is 5.91 Å². The number of nitrogens with zero attached hydrogens (tertiary/aromatic N) is 2. The molecule has 0 unspecified atom stereocenters. The van der Waals surface area contributed by atoms with Crippen molar-refractivity contribution in [3.05, 3.63) is 40.8 Å². The summed E-state index contributed by atoms with van der Waals surface area (Å²) in [6.07, 6.45) is 0. The highest BCUT2D eigenvalue weighted by Gasteiger charge is 2.27. The van der Waals surface area contributed by atoms with E-state index in [9.17, 15) is 18.0 Å². The Hall–Kier alpha value is -2.76. The molecule has 0 aliphatic carbocycles. The van der Waals surface area contributed by atoms with Crippen LogP contribution in [0, 0.1) is 20.8 Å². The predicted molar refractivity (Wildman–Crippen MR) is 106 cm³/mol. The summed E-state index contributed by atoms with van der Waals surface area (Å²) < 4.78 is 42.1. The number of carbonyl (C=O) groups is 2. The smallest absolute Gasteiger partial charge is 0.344 e. The molecule has 2 heterocycles. The fraction of sp³-hybridized carbons (Fsp3) is 0.421. The highest BCUT2D eigenvalue weighted by molar-refractivity contribution is 7.89. The summed E-state index contributed by atoms with van der Waals surface area (Å²) in [7, 11) is -3.70. The Labute approximate surface area is 174 Å². The van der Waals surface area contributed by atoms with E-state index in [4.69, 9.17) is 14.0 Å². The average molecular weight is 437 g/mol. The van der Waals surface area contributed by atoms with E-state index in [1.807, 2.05) is 0 Å². The molecule has 11 heteroatoms. The summed E-state index contributed by atoms with van der Waals surface area (Å²) in [5.41, 5.74) is 1.54. The van der Waals surface area contributed by atoms with Crippen molar-refractivity contribution in [2.45, 2.75) is 25.7 Å². The molecule has 0 saturated carbocycles. The Bertz CT molecular complexity index is 1040. The molecule has 1 aromatic heterocycles. The van der Waals surface area contributed by atoms with Gasteiger partial charge in [-0.25, -0.2) is 13.2 Å². The van der Waals surface area contributed by atoms with Crippen molar-refractivity contribution in [1.82, 2.24) is 9.46 Å². The number of rotatable bonds is 6. The number of anilines is 1.